The fourth-order valence-electron chi connectivity index (χ4n) is 2.50. The van der Waals surface area contributed by atoms with Gasteiger partial charge in [0.05, 0.1) is 4.90 Å². The summed E-state index contributed by atoms with van der Waals surface area (Å²) in [4.78, 5) is 0.150. The third kappa shape index (κ3) is 3.92. The molecule has 2 rings (SSSR count). The van der Waals surface area contributed by atoms with Crippen LogP contribution in [0.2, 0.25) is 0 Å². The highest BCUT2D eigenvalue weighted by Gasteiger charge is 2.19. The molecule has 0 spiro atoms. The van der Waals surface area contributed by atoms with Crippen LogP contribution in [-0.2, 0) is 10.0 Å². The molecule has 1 saturated carbocycles. The first-order valence-corrected chi connectivity index (χ1v) is 8.10. The molecule has 19 heavy (non-hydrogen) atoms. The van der Waals surface area contributed by atoms with Crippen molar-refractivity contribution < 1.29 is 8.42 Å². The number of benzene rings is 1. The second-order valence-corrected chi connectivity index (χ2v) is 6.61. The number of hydrogen-bond acceptors (Lipinski definition) is 4. The van der Waals surface area contributed by atoms with Crippen LogP contribution in [0.4, 0.5) is 5.69 Å². The van der Waals surface area contributed by atoms with Gasteiger partial charge >= 0.3 is 0 Å². The van der Waals surface area contributed by atoms with Crippen LogP contribution in [0.3, 0.4) is 0 Å². The van der Waals surface area contributed by atoms with Gasteiger partial charge in [-0.05, 0) is 57.0 Å². The van der Waals surface area contributed by atoms with Crippen molar-refractivity contribution in [1.29, 1.82) is 0 Å². The molecule has 0 saturated heterocycles. The van der Waals surface area contributed by atoms with Crippen molar-refractivity contribution in [3.05, 3.63) is 24.3 Å². The highest BCUT2D eigenvalue weighted by Crippen LogP contribution is 2.22. The zero-order chi connectivity index (χ0) is 13.9. The SMILES string of the molecule is CNC1CCC(Nc2ccc(S(N)(=O)=O)cc2)CC1. The summed E-state index contributed by atoms with van der Waals surface area (Å²) < 4.78 is 22.3. The molecule has 4 N–H and O–H groups in total. The molecule has 1 aliphatic rings. The molecule has 0 bridgehead atoms. The van der Waals surface area contributed by atoms with Crippen LogP contribution < -0.4 is 15.8 Å². The minimum absolute atomic E-state index is 0.150. The lowest BCUT2D eigenvalue weighted by atomic mass is 9.91. The lowest BCUT2D eigenvalue weighted by molar-refractivity contribution is 0.371. The largest absolute Gasteiger partial charge is 0.382 e. The van der Waals surface area contributed by atoms with Gasteiger partial charge < -0.3 is 10.6 Å². The van der Waals surface area contributed by atoms with E-state index in [9.17, 15) is 8.42 Å². The highest BCUT2D eigenvalue weighted by atomic mass is 32.2. The predicted molar refractivity (Wildman–Crippen MR) is 76.5 cm³/mol. The van der Waals surface area contributed by atoms with E-state index in [1.807, 2.05) is 7.05 Å². The van der Waals surface area contributed by atoms with Gasteiger partial charge in [-0.2, -0.15) is 0 Å². The van der Waals surface area contributed by atoms with Gasteiger partial charge in [0.25, 0.3) is 0 Å². The number of nitrogens with one attached hydrogen (secondary N) is 2. The van der Waals surface area contributed by atoms with Crippen molar-refractivity contribution in [2.24, 2.45) is 5.14 Å². The van der Waals surface area contributed by atoms with E-state index < -0.39 is 10.0 Å². The summed E-state index contributed by atoms with van der Waals surface area (Å²) in [7, 11) is -1.60. The molecule has 106 valence electrons. The van der Waals surface area contributed by atoms with Crippen molar-refractivity contribution in [2.75, 3.05) is 12.4 Å². The molecule has 1 aromatic carbocycles. The topological polar surface area (TPSA) is 84.2 Å². The van der Waals surface area contributed by atoms with E-state index in [0.29, 0.717) is 12.1 Å². The van der Waals surface area contributed by atoms with Crippen molar-refractivity contribution in [2.45, 2.75) is 42.7 Å². The summed E-state index contributed by atoms with van der Waals surface area (Å²) in [5.74, 6) is 0. The Morgan fingerprint density at radius 2 is 1.58 bits per heavy atom. The van der Waals surface area contributed by atoms with Gasteiger partial charge in [0, 0.05) is 17.8 Å². The number of rotatable bonds is 4. The third-order valence-electron chi connectivity index (χ3n) is 3.69. The molecule has 1 aliphatic carbocycles. The van der Waals surface area contributed by atoms with Gasteiger partial charge in [0.1, 0.15) is 0 Å². The van der Waals surface area contributed by atoms with Crippen LogP contribution in [-0.4, -0.2) is 27.5 Å². The van der Waals surface area contributed by atoms with E-state index >= 15 is 0 Å². The zero-order valence-corrected chi connectivity index (χ0v) is 11.9. The maximum Gasteiger partial charge on any atom is 0.238 e. The molecular formula is C13H21N3O2S. The highest BCUT2D eigenvalue weighted by molar-refractivity contribution is 7.89. The first-order chi connectivity index (χ1) is 8.99. The van der Waals surface area contributed by atoms with E-state index in [-0.39, 0.29) is 4.90 Å². The fourth-order valence-corrected chi connectivity index (χ4v) is 3.02. The van der Waals surface area contributed by atoms with Gasteiger partial charge in [-0.1, -0.05) is 0 Å². The molecule has 0 atom stereocenters. The van der Waals surface area contributed by atoms with Crippen LogP contribution in [0, 0.1) is 0 Å². The molecule has 1 fully saturated rings. The number of nitrogens with two attached hydrogens (primary N) is 1. The standard InChI is InChI=1S/C13H21N3O2S/c1-15-10-2-4-11(5-3-10)16-12-6-8-13(9-7-12)19(14,17)18/h6-11,15-16H,2-5H2,1H3,(H2,14,17,18). The monoisotopic (exact) mass is 283 g/mol. The molecule has 0 aliphatic heterocycles. The molecule has 0 radical (unpaired) electrons. The Hall–Kier alpha value is -1.11. The maximum atomic E-state index is 11.2. The van der Waals surface area contributed by atoms with Crippen LogP contribution in [0.25, 0.3) is 0 Å². The van der Waals surface area contributed by atoms with E-state index in [4.69, 9.17) is 5.14 Å². The van der Waals surface area contributed by atoms with Gasteiger partial charge in [0.15, 0.2) is 0 Å². The average molecular weight is 283 g/mol. The van der Waals surface area contributed by atoms with Crippen molar-refractivity contribution in [3.8, 4) is 0 Å². The molecule has 0 amide bonds. The number of sulfonamides is 1. The van der Waals surface area contributed by atoms with Crippen molar-refractivity contribution in [3.63, 3.8) is 0 Å². The van der Waals surface area contributed by atoms with Crippen molar-refractivity contribution in [1.82, 2.24) is 5.32 Å². The molecule has 0 heterocycles. The van der Waals surface area contributed by atoms with Crippen LogP contribution in [0.1, 0.15) is 25.7 Å². The summed E-state index contributed by atoms with van der Waals surface area (Å²) in [5.41, 5.74) is 0.945. The molecule has 1 aromatic rings. The third-order valence-corrected chi connectivity index (χ3v) is 4.62. The van der Waals surface area contributed by atoms with Crippen LogP contribution >= 0.6 is 0 Å². The lowest BCUT2D eigenvalue weighted by Crippen LogP contribution is -2.34. The summed E-state index contributed by atoms with van der Waals surface area (Å²) in [6.45, 7) is 0. The molecule has 0 aromatic heterocycles. The molecular weight excluding hydrogens is 262 g/mol. The quantitative estimate of drug-likeness (QED) is 0.777. The van der Waals surface area contributed by atoms with Crippen LogP contribution in [0.5, 0.6) is 0 Å². The Morgan fingerprint density at radius 1 is 1.05 bits per heavy atom. The smallest absolute Gasteiger partial charge is 0.238 e. The van der Waals surface area contributed by atoms with E-state index in [1.165, 1.54) is 25.0 Å². The second-order valence-electron chi connectivity index (χ2n) is 5.05. The lowest BCUT2D eigenvalue weighted by Gasteiger charge is -2.29. The van der Waals surface area contributed by atoms with Crippen molar-refractivity contribution >= 4 is 15.7 Å². The Labute approximate surface area is 114 Å². The van der Waals surface area contributed by atoms with Crippen LogP contribution in [0.15, 0.2) is 29.2 Å². The van der Waals surface area contributed by atoms with Gasteiger partial charge in [0.2, 0.25) is 10.0 Å². The maximum absolute atomic E-state index is 11.2. The first-order valence-electron chi connectivity index (χ1n) is 6.55. The number of hydrogen-bond donors (Lipinski definition) is 3. The number of primary sulfonamides is 1. The summed E-state index contributed by atoms with van der Waals surface area (Å²) in [5, 5.41) is 11.8. The predicted octanol–water partition coefficient (Wildman–Crippen LogP) is 1.28. The zero-order valence-electron chi connectivity index (χ0n) is 11.1. The van der Waals surface area contributed by atoms with Gasteiger partial charge in [-0.3, -0.25) is 0 Å². The summed E-state index contributed by atoms with van der Waals surface area (Å²) in [6, 6.07) is 7.70. The Bertz CT molecular complexity index is 505. The molecule has 0 unspecified atom stereocenters. The first kappa shape index (κ1) is 14.3. The fraction of sp³-hybridized carbons (Fsp3) is 0.538. The summed E-state index contributed by atoms with van der Waals surface area (Å²) in [6.07, 6.45) is 4.59. The minimum Gasteiger partial charge on any atom is -0.382 e. The Kier molecular flexibility index (Phi) is 4.44. The molecule has 6 heteroatoms. The Morgan fingerprint density at radius 3 is 2.05 bits per heavy atom. The minimum atomic E-state index is -3.60. The second kappa shape index (κ2) is 5.90. The average Bonchev–Trinajstić information content (AvgIpc) is 2.39. The Balaban J connectivity index is 1.94. The number of anilines is 1. The van der Waals surface area contributed by atoms with Gasteiger partial charge in [-0.25, -0.2) is 13.6 Å². The van der Waals surface area contributed by atoms with E-state index in [1.54, 1.807) is 12.1 Å². The summed E-state index contributed by atoms with van der Waals surface area (Å²) >= 11 is 0. The van der Waals surface area contributed by atoms with E-state index in [2.05, 4.69) is 10.6 Å². The molecule has 5 nitrogen and oxygen atoms in total. The van der Waals surface area contributed by atoms with E-state index in [0.717, 1.165) is 18.5 Å². The normalized spacial score (nSPS) is 24.1. The van der Waals surface area contributed by atoms with Gasteiger partial charge in [-0.15, -0.1) is 0 Å².